The van der Waals surface area contributed by atoms with Gasteiger partial charge in [-0.1, -0.05) is 35.4 Å². The van der Waals surface area contributed by atoms with Crippen molar-refractivity contribution >= 4 is 17.3 Å². The van der Waals surface area contributed by atoms with Crippen molar-refractivity contribution in [3.8, 4) is 0 Å². The molecule has 2 aromatic rings. The molecule has 0 aromatic heterocycles. The summed E-state index contributed by atoms with van der Waals surface area (Å²) in [5.41, 5.74) is 5.40. The minimum Gasteiger partial charge on any atom is -0.378 e. The van der Waals surface area contributed by atoms with Gasteiger partial charge in [-0.3, -0.25) is 0 Å². The van der Waals surface area contributed by atoms with Crippen molar-refractivity contribution in [1.29, 1.82) is 0 Å². The molecule has 0 amide bonds. The van der Waals surface area contributed by atoms with Crippen LogP contribution in [0.25, 0.3) is 0 Å². The minimum absolute atomic E-state index is 0.432. The lowest BCUT2D eigenvalue weighted by molar-refractivity contribution is 0.762. The third kappa shape index (κ3) is 2.23. The lowest BCUT2D eigenvalue weighted by Gasteiger charge is -2.16. The lowest BCUT2D eigenvalue weighted by Crippen LogP contribution is -2.07. The Bertz CT molecular complexity index is 560. The number of aryl methyl sites for hydroxylation is 2. The molecule has 2 aromatic carbocycles. The standard InChI is InChI=1S/C16H16ClN/c1-11-2-3-12-4-9-16(15(12)10-11)18-14-7-5-13(17)6-8-14/h2-3,5-8,10,16,18H,4,9H2,1H3. The summed E-state index contributed by atoms with van der Waals surface area (Å²) < 4.78 is 0. The number of rotatable bonds is 2. The number of nitrogens with one attached hydrogen (secondary N) is 1. The minimum atomic E-state index is 0.432. The molecule has 0 aliphatic heterocycles. The van der Waals surface area contributed by atoms with E-state index in [2.05, 4.69) is 30.4 Å². The Morgan fingerprint density at radius 1 is 1.11 bits per heavy atom. The van der Waals surface area contributed by atoms with E-state index >= 15 is 0 Å². The van der Waals surface area contributed by atoms with Crippen LogP contribution >= 0.6 is 11.6 Å². The van der Waals surface area contributed by atoms with Crippen molar-refractivity contribution in [1.82, 2.24) is 0 Å². The molecular formula is C16H16ClN. The van der Waals surface area contributed by atoms with Gasteiger partial charge in [0, 0.05) is 10.7 Å². The van der Waals surface area contributed by atoms with Crippen LogP contribution in [-0.2, 0) is 6.42 Å². The van der Waals surface area contributed by atoms with E-state index in [1.807, 2.05) is 24.3 Å². The molecule has 1 atom stereocenters. The maximum Gasteiger partial charge on any atom is 0.0519 e. The smallest absolute Gasteiger partial charge is 0.0519 e. The second kappa shape index (κ2) is 4.66. The topological polar surface area (TPSA) is 12.0 Å². The van der Waals surface area contributed by atoms with Crippen molar-refractivity contribution in [2.75, 3.05) is 5.32 Å². The Morgan fingerprint density at radius 3 is 2.67 bits per heavy atom. The van der Waals surface area contributed by atoms with E-state index in [4.69, 9.17) is 11.6 Å². The fourth-order valence-electron chi connectivity index (χ4n) is 2.62. The van der Waals surface area contributed by atoms with Gasteiger partial charge in [-0.25, -0.2) is 0 Å². The molecule has 0 spiro atoms. The summed E-state index contributed by atoms with van der Waals surface area (Å²) in [7, 11) is 0. The van der Waals surface area contributed by atoms with Crippen LogP contribution < -0.4 is 5.32 Å². The van der Waals surface area contributed by atoms with Gasteiger partial charge < -0.3 is 5.32 Å². The highest BCUT2D eigenvalue weighted by Crippen LogP contribution is 2.34. The molecule has 2 heteroatoms. The molecule has 92 valence electrons. The molecule has 0 saturated carbocycles. The summed E-state index contributed by atoms with van der Waals surface area (Å²) in [5, 5.41) is 4.37. The first-order valence-corrected chi connectivity index (χ1v) is 6.72. The van der Waals surface area contributed by atoms with Gasteiger partial charge >= 0.3 is 0 Å². The van der Waals surface area contributed by atoms with Crippen molar-refractivity contribution in [2.45, 2.75) is 25.8 Å². The fraction of sp³-hybridized carbons (Fsp3) is 0.250. The summed E-state index contributed by atoms with van der Waals surface area (Å²) in [5.74, 6) is 0. The molecule has 1 nitrogen and oxygen atoms in total. The van der Waals surface area contributed by atoms with Gasteiger partial charge in [-0.2, -0.15) is 0 Å². The lowest BCUT2D eigenvalue weighted by atomic mass is 10.0. The predicted molar refractivity (Wildman–Crippen MR) is 77.3 cm³/mol. The van der Waals surface area contributed by atoms with E-state index in [1.54, 1.807) is 0 Å². The molecule has 0 fully saturated rings. The van der Waals surface area contributed by atoms with Crippen LogP contribution in [0.1, 0.15) is 29.2 Å². The number of hydrogen-bond acceptors (Lipinski definition) is 1. The quantitative estimate of drug-likeness (QED) is 0.819. The molecule has 0 saturated heterocycles. The second-order valence-corrected chi connectivity index (χ2v) is 5.38. The maximum absolute atomic E-state index is 5.90. The zero-order valence-corrected chi connectivity index (χ0v) is 11.2. The molecule has 1 unspecified atom stereocenters. The van der Waals surface area contributed by atoms with Gasteiger partial charge in [-0.15, -0.1) is 0 Å². The zero-order chi connectivity index (χ0) is 12.5. The Labute approximate surface area is 113 Å². The largest absolute Gasteiger partial charge is 0.378 e. The molecule has 1 N–H and O–H groups in total. The highest BCUT2D eigenvalue weighted by Gasteiger charge is 2.21. The third-order valence-electron chi connectivity index (χ3n) is 3.56. The summed E-state index contributed by atoms with van der Waals surface area (Å²) in [6, 6.07) is 15.1. The summed E-state index contributed by atoms with van der Waals surface area (Å²) in [6.07, 6.45) is 2.34. The van der Waals surface area contributed by atoms with E-state index in [9.17, 15) is 0 Å². The highest BCUT2D eigenvalue weighted by molar-refractivity contribution is 6.30. The van der Waals surface area contributed by atoms with Gasteiger partial charge in [0.15, 0.2) is 0 Å². The molecule has 0 radical (unpaired) electrons. The van der Waals surface area contributed by atoms with Crippen LogP contribution in [0.3, 0.4) is 0 Å². The van der Waals surface area contributed by atoms with Crippen LogP contribution in [-0.4, -0.2) is 0 Å². The Kier molecular flexibility index (Phi) is 3.00. The fourth-order valence-corrected chi connectivity index (χ4v) is 2.74. The Balaban J connectivity index is 1.84. The van der Waals surface area contributed by atoms with Gasteiger partial charge in [-0.05, 0) is 55.2 Å². The molecule has 3 rings (SSSR count). The van der Waals surface area contributed by atoms with E-state index in [1.165, 1.54) is 29.5 Å². The van der Waals surface area contributed by atoms with Crippen molar-refractivity contribution < 1.29 is 0 Å². The van der Waals surface area contributed by atoms with Gasteiger partial charge in [0.2, 0.25) is 0 Å². The highest BCUT2D eigenvalue weighted by atomic mass is 35.5. The predicted octanol–water partition coefficient (Wildman–Crippen LogP) is 4.75. The number of hydrogen-bond donors (Lipinski definition) is 1. The zero-order valence-electron chi connectivity index (χ0n) is 10.4. The molecule has 1 aliphatic carbocycles. The van der Waals surface area contributed by atoms with Gasteiger partial charge in [0.25, 0.3) is 0 Å². The van der Waals surface area contributed by atoms with Crippen LogP contribution in [0, 0.1) is 6.92 Å². The summed E-state index contributed by atoms with van der Waals surface area (Å²) in [6.45, 7) is 2.15. The summed E-state index contributed by atoms with van der Waals surface area (Å²) >= 11 is 5.90. The first kappa shape index (κ1) is 11.6. The van der Waals surface area contributed by atoms with Crippen LogP contribution in [0.4, 0.5) is 5.69 Å². The molecular weight excluding hydrogens is 242 g/mol. The van der Waals surface area contributed by atoms with Crippen LogP contribution in [0.15, 0.2) is 42.5 Å². The maximum atomic E-state index is 5.90. The SMILES string of the molecule is Cc1ccc2c(c1)C(Nc1ccc(Cl)cc1)CC2. The number of fused-ring (bicyclic) bond motifs is 1. The van der Waals surface area contributed by atoms with Gasteiger partial charge in [0.05, 0.1) is 6.04 Å². The third-order valence-corrected chi connectivity index (χ3v) is 3.82. The van der Waals surface area contributed by atoms with Crippen molar-refractivity contribution in [3.05, 3.63) is 64.2 Å². The average Bonchev–Trinajstić information content (AvgIpc) is 2.75. The number of anilines is 1. The normalized spacial score (nSPS) is 17.6. The monoisotopic (exact) mass is 257 g/mol. The first-order valence-electron chi connectivity index (χ1n) is 6.34. The average molecular weight is 258 g/mol. The van der Waals surface area contributed by atoms with E-state index in [-0.39, 0.29) is 0 Å². The molecule has 0 bridgehead atoms. The van der Waals surface area contributed by atoms with E-state index in [0.717, 1.165) is 10.7 Å². The first-order chi connectivity index (χ1) is 8.72. The Hall–Kier alpha value is -1.47. The van der Waals surface area contributed by atoms with Crippen molar-refractivity contribution in [2.24, 2.45) is 0 Å². The summed E-state index contributed by atoms with van der Waals surface area (Å²) in [4.78, 5) is 0. The van der Waals surface area contributed by atoms with Crippen molar-refractivity contribution in [3.63, 3.8) is 0 Å². The molecule has 0 heterocycles. The Morgan fingerprint density at radius 2 is 1.89 bits per heavy atom. The number of halogens is 1. The van der Waals surface area contributed by atoms with E-state index < -0.39 is 0 Å². The van der Waals surface area contributed by atoms with E-state index in [0.29, 0.717) is 6.04 Å². The van der Waals surface area contributed by atoms with Crippen LogP contribution in [0.5, 0.6) is 0 Å². The second-order valence-electron chi connectivity index (χ2n) is 4.94. The van der Waals surface area contributed by atoms with Gasteiger partial charge in [0.1, 0.15) is 0 Å². The van der Waals surface area contributed by atoms with Crippen LogP contribution in [0.2, 0.25) is 5.02 Å². The molecule has 18 heavy (non-hydrogen) atoms. The number of benzene rings is 2. The molecule has 1 aliphatic rings.